The second kappa shape index (κ2) is 9.03. The lowest BCUT2D eigenvalue weighted by Gasteiger charge is -2.11. The fourth-order valence-electron chi connectivity index (χ4n) is 3.48. The molecule has 0 aliphatic carbocycles. The zero-order valence-electron chi connectivity index (χ0n) is 17.7. The largest absolute Gasteiger partial charge is 0.382 e. The summed E-state index contributed by atoms with van der Waals surface area (Å²) in [6.07, 6.45) is 3.27. The molecule has 0 unspecified atom stereocenters. The predicted octanol–water partition coefficient (Wildman–Crippen LogP) is 4.61. The minimum absolute atomic E-state index is 0.121. The van der Waals surface area contributed by atoms with Crippen LogP contribution < -0.4 is 16.4 Å². The predicted molar refractivity (Wildman–Crippen MR) is 122 cm³/mol. The van der Waals surface area contributed by atoms with E-state index in [1.807, 2.05) is 25.3 Å². The molecule has 0 aliphatic heterocycles. The number of anilines is 3. The molecule has 164 valence electrons. The highest BCUT2D eigenvalue weighted by molar-refractivity contribution is 6.00. The van der Waals surface area contributed by atoms with Gasteiger partial charge in [0, 0.05) is 29.6 Å². The van der Waals surface area contributed by atoms with Crippen LogP contribution in [-0.2, 0) is 11.3 Å². The van der Waals surface area contributed by atoms with E-state index < -0.39 is 11.8 Å². The first-order valence-electron chi connectivity index (χ1n) is 10.1. The molecule has 0 bridgehead atoms. The first kappa shape index (κ1) is 21.3. The minimum Gasteiger partial charge on any atom is -0.382 e. The average molecular weight is 434 g/mol. The number of nitrogens with zero attached hydrogens (tertiary/aromatic N) is 3. The van der Waals surface area contributed by atoms with E-state index in [9.17, 15) is 9.18 Å². The summed E-state index contributed by atoms with van der Waals surface area (Å²) >= 11 is 0. The van der Waals surface area contributed by atoms with E-state index in [-0.39, 0.29) is 5.69 Å². The molecular weight excluding hydrogens is 411 g/mol. The minimum atomic E-state index is -0.536. The van der Waals surface area contributed by atoms with Crippen molar-refractivity contribution in [1.29, 1.82) is 0 Å². The van der Waals surface area contributed by atoms with Crippen LogP contribution in [0.3, 0.4) is 0 Å². The molecule has 0 saturated carbocycles. The van der Waals surface area contributed by atoms with E-state index in [1.165, 1.54) is 12.4 Å². The second-order valence-electron chi connectivity index (χ2n) is 7.20. The number of nitrogen functional groups attached to an aromatic ring is 1. The van der Waals surface area contributed by atoms with Crippen LogP contribution in [0.4, 0.5) is 26.4 Å². The van der Waals surface area contributed by atoms with Gasteiger partial charge in [-0.15, -0.1) is 0 Å². The smallest absolute Gasteiger partial charge is 0.323 e. The molecule has 4 N–H and O–H groups in total. The van der Waals surface area contributed by atoms with E-state index in [2.05, 4.69) is 20.7 Å². The number of benzene rings is 2. The van der Waals surface area contributed by atoms with Gasteiger partial charge in [-0.25, -0.2) is 18.7 Å². The molecule has 4 rings (SSSR count). The Bertz CT molecular complexity index is 1270. The summed E-state index contributed by atoms with van der Waals surface area (Å²) in [6, 6.07) is 11.5. The Morgan fingerprint density at radius 1 is 1.19 bits per heavy atom. The molecule has 2 aromatic carbocycles. The Balaban J connectivity index is 1.58. The Hall–Kier alpha value is -3.98. The molecule has 0 spiro atoms. The van der Waals surface area contributed by atoms with Crippen LogP contribution in [0.15, 0.2) is 55.0 Å². The maximum atomic E-state index is 14.1. The normalized spacial score (nSPS) is 11.0. The molecule has 2 aromatic heterocycles. The summed E-state index contributed by atoms with van der Waals surface area (Å²) in [7, 11) is 0. The molecule has 8 nitrogen and oxygen atoms in total. The number of carbonyl (C=O) groups excluding carboxylic acids is 1. The van der Waals surface area contributed by atoms with Gasteiger partial charge in [-0.05, 0) is 43.2 Å². The van der Waals surface area contributed by atoms with Gasteiger partial charge in [-0.2, -0.15) is 5.10 Å². The number of amides is 2. The Morgan fingerprint density at radius 2 is 1.97 bits per heavy atom. The molecule has 32 heavy (non-hydrogen) atoms. The van der Waals surface area contributed by atoms with Crippen LogP contribution in [-0.4, -0.2) is 27.2 Å². The Kier molecular flexibility index (Phi) is 6.00. The van der Waals surface area contributed by atoms with Gasteiger partial charge < -0.3 is 21.1 Å². The summed E-state index contributed by atoms with van der Waals surface area (Å²) in [5.41, 5.74) is 10.6. The van der Waals surface area contributed by atoms with Crippen molar-refractivity contribution in [2.45, 2.75) is 20.5 Å². The van der Waals surface area contributed by atoms with Gasteiger partial charge in [-0.1, -0.05) is 24.3 Å². The lowest BCUT2D eigenvalue weighted by molar-refractivity contribution is 0.134. The van der Waals surface area contributed by atoms with E-state index in [4.69, 9.17) is 10.5 Å². The number of hydrogen-bond donors (Lipinski definition) is 3. The first-order valence-corrected chi connectivity index (χ1v) is 10.1. The topological polar surface area (TPSA) is 107 Å². The number of halogens is 1. The Labute approximate surface area is 184 Å². The number of rotatable bonds is 6. The number of carbonyl (C=O) groups is 1. The molecule has 9 heteroatoms. The third kappa shape index (κ3) is 4.23. The highest BCUT2D eigenvalue weighted by Gasteiger charge is 2.17. The van der Waals surface area contributed by atoms with E-state index in [1.54, 1.807) is 35.7 Å². The number of nitrogens with two attached hydrogens (primary N) is 1. The van der Waals surface area contributed by atoms with E-state index in [0.717, 1.165) is 16.7 Å². The third-order valence-corrected chi connectivity index (χ3v) is 5.01. The van der Waals surface area contributed by atoms with E-state index >= 15 is 0 Å². The Morgan fingerprint density at radius 3 is 2.72 bits per heavy atom. The second-order valence-corrected chi connectivity index (χ2v) is 7.20. The van der Waals surface area contributed by atoms with Gasteiger partial charge in [0.05, 0.1) is 12.3 Å². The quantitative estimate of drug-likeness (QED) is 0.411. The van der Waals surface area contributed by atoms with Gasteiger partial charge in [0.1, 0.15) is 17.7 Å². The highest BCUT2D eigenvalue weighted by atomic mass is 19.1. The van der Waals surface area contributed by atoms with Crippen LogP contribution in [0.5, 0.6) is 0 Å². The number of aryl methyl sites for hydroxylation is 1. The summed E-state index contributed by atoms with van der Waals surface area (Å²) in [4.78, 5) is 16.4. The van der Waals surface area contributed by atoms with Crippen molar-refractivity contribution in [1.82, 2.24) is 14.6 Å². The number of aromatic nitrogens is 3. The fourth-order valence-corrected chi connectivity index (χ4v) is 3.48. The molecule has 2 amide bonds. The molecule has 0 fully saturated rings. The van der Waals surface area contributed by atoms with Crippen molar-refractivity contribution in [2.24, 2.45) is 0 Å². The van der Waals surface area contributed by atoms with Gasteiger partial charge in [-0.3, -0.25) is 0 Å². The average Bonchev–Trinajstić information content (AvgIpc) is 3.16. The number of ether oxygens (including phenoxy) is 1. The van der Waals surface area contributed by atoms with Crippen LogP contribution in [0, 0.1) is 12.7 Å². The maximum Gasteiger partial charge on any atom is 0.323 e. The lowest BCUT2D eigenvalue weighted by atomic mass is 10.0. The fraction of sp³-hybridized carbons (Fsp3) is 0.174. The van der Waals surface area contributed by atoms with Crippen molar-refractivity contribution < 1.29 is 13.9 Å². The number of nitrogens with one attached hydrogen (secondary N) is 2. The third-order valence-electron chi connectivity index (χ3n) is 5.01. The van der Waals surface area contributed by atoms with Crippen molar-refractivity contribution in [3.63, 3.8) is 0 Å². The summed E-state index contributed by atoms with van der Waals surface area (Å²) < 4.78 is 21.4. The standard InChI is InChI=1S/C23H23FN6O2/c1-3-32-12-16-11-30-21(22(25)26-13-27-30)19(16)15-7-9-17(10-8-15)28-23(31)29-18-6-4-5-14(2)20(18)24/h4-11,13H,3,12H2,1-2H3,(H2,25,26,27)(H2,28,29,31). The van der Waals surface area contributed by atoms with Crippen LogP contribution in [0.25, 0.3) is 16.6 Å². The van der Waals surface area contributed by atoms with Crippen LogP contribution in [0.1, 0.15) is 18.1 Å². The van der Waals surface area contributed by atoms with Crippen molar-refractivity contribution in [3.8, 4) is 11.1 Å². The van der Waals surface area contributed by atoms with Crippen LogP contribution >= 0.6 is 0 Å². The molecule has 4 aromatic rings. The monoisotopic (exact) mass is 434 g/mol. The van der Waals surface area contributed by atoms with Gasteiger partial charge in [0.25, 0.3) is 0 Å². The zero-order chi connectivity index (χ0) is 22.7. The molecule has 2 heterocycles. The molecule has 0 atom stereocenters. The van der Waals surface area contributed by atoms with Gasteiger partial charge >= 0.3 is 6.03 Å². The summed E-state index contributed by atoms with van der Waals surface area (Å²) in [5.74, 6) is -0.0975. The van der Waals surface area contributed by atoms with Crippen molar-refractivity contribution in [2.75, 3.05) is 23.0 Å². The SMILES string of the molecule is CCOCc1cn2ncnc(N)c2c1-c1ccc(NC(=O)Nc2cccc(C)c2F)cc1. The maximum absolute atomic E-state index is 14.1. The van der Waals surface area contributed by atoms with Crippen molar-refractivity contribution >= 4 is 28.7 Å². The first-order chi connectivity index (χ1) is 15.5. The summed E-state index contributed by atoms with van der Waals surface area (Å²) in [5, 5.41) is 9.48. The zero-order valence-corrected chi connectivity index (χ0v) is 17.7. The highest BCUT2D eigenvalue weighted by Crippen LogP contribution is 2.33. The molecule has 0 aliphatic rings. The summed E-state index contributed by atoms with van der Waals surface area (Å²) in [6.45, 7) is 4.55. The van der Waals surface area contributed by atoms with Gasteiger partial charge in [0.15, 0.2) is 5.82 Å². The molecule has 0 radical (unpaired) electrons. The van der Waals surface area contributed by atoms with E-state index in [0.29, 0.717) is 35.8 Å². The van der Waals surface area contributed by atoms with Crippen molar-refractivity contribution in [3.05, 3.63) is 71.9 Å². The molecule has 0 saturated heterocycles. The number of hydrogen-bond acceptors (Lipinski definition) is 5. The molecular formula is C23H23FN6O2. The van der Waals surface area contributed by atoms with Crippen LogP contribution in [0.2, 0.25) is 0 Å². The number of fused-ring (bicyclic) bond motifs is 1. The van der Waals surface area contributed by atoms with Gasteiger partial charge in [0.2, 0.25) is 0 Å². The number of urea groups is 1. The lowest BCUT2D eigenvalue weighted by Crippen LogP contribution is -2.20.